The highest BCUT2D eigenvalue weighted by molar-refractivity contribution is 6.12. The van der Waals surface area contributed by atoms with E-state index < -0.39 is 0 Å². The first kappa shape index (κ1) is 20.0. The molecule has 0 unspecified atom stereocenters. The fraction of sp³-hybridized carbons (Fsp3) is 0.375. The number of hydrogen-bond acceptors (Lipinski definition) is 1. The second-order valence-electron chi connectivity index (χ2n) is 7.31. The molecule has 2 aromatic carbocycles. The second kappa shape index (κ2) is 8.84. The van der Waals surface area contributed by atoms with E-state index in [1.807, 2.05) is 7.05 Å². The monoisotopic (exact) mass is 348 g/mol. The van der Waals surface area contributed by atoms with E-state index in [0.717, 1.165) is 5.84 Å². The molecule has 0 aliphatic rings. The third kappa shape index (κ3) is 4.07. The zero-order chi connectivity index (χ0) is 19.3. The van der Waals surface area contributed by atoms with Gasteiger partial charge in [-0.25, -0.2) is 0 Å². The van der Waals surface area contributed by atoms with Gasteiger partial charge in [0.1, 0.15) is 5.84 Å². The molecule has 2 nitrogen and oxygen atoms in total. The van der Waals surface area contributed by atoms with Gasteiger partial charge in [-0.3, -0.25) is 4.99 Å². The minimum absolute atomic E-state index is 0.437. The Morgan fingerprint density at radius 2 is 1.50 bits per heavy atom. The number of aryl methyl sites for hydroxylation is 1. The lowest BCUT2D eigenvalue weighted by molar-refractivity contribution is 0.832. The van der Waals surface area contributed by atoms with Crippen LogP contribution in [-0.2, 0) is 0 Å². The maximum absolute atomic E-state index is 4.71. The van der Waals surface area contributed by atoms with E-state index in [-0.39, 0.29) is 0 Å². The van der Waals surface area contributed by atoms with E-state index in [0.29, 0.717) is 11.8 Å². The average molecular weight is 349 g/mol. The number of amidine groups is 1. The molecule has 0 radical (unpaired) electrons. The molecule has 2 heteroatoms. The molecule has 0 spiro atoms. The molecule has 26 heavy (non-hydrogen) atoms. The fourth-order valence-corrected chi connectivity index (χ4v) is 3.37. The molecule has 0 saturated heterocycles. The Hall–Kier alpha value is -2.35. The summed E-state index contributed by atoms with van der Waals surface area (Å²) in [6.07, 6.45) is 4.23. The lowest BCUT2D eigenvalue weighted by Gasteiger charge is -2.30. The van der Waals surface area contributed by atoms with Crippen molar-refractivity contribution >= 4 is 11.5 Å². The highest BCUT2D eigenvalue weighted by Crippen LogP contribution is 2.36. The molecule has 0 aliphatic carbocycles. The van der Waals surface area contributed by atoms with Crippen LogP contribution in [0.1, 0.15) is 68.7 Å². The van der Waals surface area contributed by atoms with Crippen LogP contribution in [0.2, 0.25) is 0 Å². The SMILES string of the molecule is C/C=C\N(/C(=N/C)c1ccccc1C)c1c(C(C)C)cccc1C(C)C. The highest BCUT2D eigenvalue weighted by atomic mass is 15.2. The van der Waals surface area contributed by atoms with Gasteiger partial charge in [0.15, 0.2) is 0 Å². The first-order chi connectivity index (χ1) is 12.4. The van der Waals surface area contributed by atoms with Gasteiger partial charge >= 0.3 is 0 Å². The number of hydrogen-bond donors (Lipinski definition) is 0. The van der Waals surface area contributed by atoms with Crippen molar-refractivity contribution < 1.29 is 0 Å². The van der Waals surface area contributed by atoms with Gasteiger partial charge < -0.3 is 4.90 Å². The van der Waals surface area contributed by atoms with E-state index in [1.165, 1.54) is 27.9 Å². The summed E-state index contributed by atoms with van der Waals surface area (Å²) in [6, 6.07) is 15.1. The van der Waals surface area contributed by atoms with Gasteiger partial charge in [0, 0.05) is 18.8 Å². The third-order valence-corrected chi connectivity index (χ3v) is 4.71. The standard InChI is InChI=1S/C24H32N2/c1-8-16-26(24(25-7)22-13-10-9-12-19(22)6)23-20(17(2)3)14-11-15-21(23)18(4)5/h8-18H,1-7H3/b16-8-,25-24+. The van der Waals surface area contributed by atoms with E-state index in [9.17, 15) is 0 Å². The summed E-state index contributed by atoms with van der Waals surface area (Å²) in [5.41, 5.74) is 6.37. The maximum Gasteiger partial charge on any atom is 0.139 e. The number of aliphatic imine (C=N–C) groups is 1. The van der Waals surface area contributed by atoms with Crippen molar-refractivity contribution in [1.29, 1.82) is 0 Å². The number of allylic oxidation sites excluding steroid dienone is 1. The van der Waals surface area contributed by atoms with Crippen LogP contribution in [0.4, 0.5) is 5.69 Å². The topological polar surface area (TPSA) is 15.6 Å². The summed E-state index contributed by atoms with van der Waals surface area (Å²) < 4.78 is 0. The lowest BCUT2D eigenvalue weighted by atomic mass is 9.91. The van der Waals surface area contributed by atoms with Crippen LogP contribution in [0.3, 0.4) is 0 Å². The number of benzene rings is 2. The average Bonchev–Trinajstić information content (AvgIpc) is 2.62. The molecule has 138 valence electrons. The molecular formula is C24H32N2. The van der Waals surface area contributed by atoms with E-state index in [2.05, 4.69) is 101 Å². The number of para-hydroxylation sites is 1. The van der Waals surface area contributed by atoms with Crippen LogP contribution < -0.4 is 4.90 Å². The zero-order valence-electron chi connectivity index (χ0n) is 17.2. The molecule has 0 aliphatic heterocycles. The van der Waals surface area contributed by atoms with E-state index in [4.69, 9.17) is 4.99 Å². The largest absolute Gasteiger partial charge is 0.301 e. The molecule has 2 rings (SSSR count). The Kier molecular flexibility index (Phi) is 6.79. The van der Waals surface area contributed by atoms with Crippen LogP contribution in [0.15, 0.2) is 59.7 Å². The summed E-state index contributed by atoms with van der Waals surface area (Å²) in [7, 11) is 1.88. The van der Waals surface area contributed by atoms with Gasteiger partial charge in [-0.05, 0) is 42.4 Å². The first-order valence-corrected chi connectivity index (χ1v) is 9.50. The predicted octanol–water partition coefficient (Wildman–Crippen LogP) is 6.66. The Morgan fingerprint density at radius 1 is 0.923 bits per heavy atom. The van der Waals surface area contributed by atoms with Crippen molar-refractivity contribution in [3.05, 3.63) is 77.0 Å². The smallest absolute Gasteiger partial charge is 0.139 e. The summed E-state index contributed by atoms with van der Waals surface area (Å²) in [4.78, 5) is 6.98. The van der Waals surface area contributed by atoms with Crippen LogP contribution in [-0.4, -0.2) is 12.9 Å². The number of nitrogens with zero attached hydrogens (tertiary/aromatic N) is 2. The lowest BCUT2D eigenvalue weighted by Crippen LogP contribution is -2.29. The molecule has 0 saturated carbocycles. The molecule has 0 bridgehead atoms. The summed E-state index contributed by atoms with van der Waals surface area (Å²) in [5.74, 6) is 1.86. The van der Waals surface area contributed by atoms with Crippen molar-refractivity contribution in [3.8, 4) is 0 Å². The molecule has 2 aromatic rings. The Morgan fingerprint density at radius 3 is 1.96 bits per heavy atom. The Balaban J connectivity index is 2.77. The maximum atomic E-state index is 4.71. The molecule has 0 atom stereocenters. The molecular weight excluding hydrogens is 316 g/mol. The summed E-state index contributed by atoms with van der Waals surface area (Å²) in [6.45, 7) is 13.2. The minimum Gasteiger partial charge on any atom is -0.301 e. The van der Waals surface area contributed by atoms with E-state index >= 15 is 0 Å². The minimum atomic E-state index is 0.437. The van der Waals surface area contributed by atoms with Crippen molar-refractivity contribution in [2.24, 2.45) is 4.99 Å². The van der Waals surface area contributed by atoms with Gasteiger partial charge in [-0.1, -0.05) is 76.2 Å². The summed E-state index contributed by atoms with van der Waals surface area (Å²) in [5, 5.41) is 0. The summed E-state index contributed by atoms with van der Waals surface area (Å²) >= 11 is 0. The van der Waals surface area contributed by atoms with E-state index in [1.54, 1.807) is 0 Å². The van der Waals surface area contributed by atoms with Gasteiger partial charge in [0.25, 0.3) is 0 Å². The normalized spacial score (nSPS) is 12.4. The highest BCUT2D eigenvalue weighted by Gasteiger charge is 2.22. The second-order valence-corrected chi connectivity index (χ2v) is 7.31. The molecule has 0 fully saturated rings. The van der Waals surface area contributed by atoms with Gasteiger partial charge in [0.05, 0.1) is 5.69 Å². The third-order valence-electron chi connectivity index (χ3n) is 4.71. The van der Waals surface area contributed by atoms with Crippen molar-refractivity contribution in [2.75, 3.05) is 11.9 Å². The zero-order valence-corrected chi connectivity index (χ0v) is 17.2. The van der Waals surface area contributed by atoms with Gasteiger partial charge in [0.2, 0.25) is 0 Å². The Bertz CT molecular complexity index is 771. The van der Waals surface area contributed by atoms with Crippen molar-refractivity contribution in [3.63, 3.8) is 0 Å². The molecule has 0 aromatic heterocycles. The van der Waals surface area contributed by atoms with Crippen molar-refractivity contribution in [1.82, 2.24) is 0 Å². The van der Waals surface area contributed by atoms with Crippen molar-refractivity contribution in [2.45, 2.75) is 53.4 Å². The van der Waals surface area contributed by atoms with Crippen LogP contribution in [0, 0.1) is 6.92 Å². The quantitative estimate of drug-likeness (QED) is 0.436. The molecule has 0 N–H and O–H groups in total. The Labute approximate surface area is 159 Å². The number of rotatable bonds is 5. The van der Waals surface area contributed by atoms with Crippen LogP contribution >= 0.6 is 0 Å². The van der Waals surface area contributed by atoms with Gasteiger partial charge in [-0.2, -0.15) is 0 Å². The van der Waals surface area contributed by atoms with Crippen LogP contribution in [0.5, 0.6) is 0 Å². The first-order valence-electron chi connectivity index (χ1n) is 9.50. The van der Waals surface area contributed by atoms with Crippen LogP contribution in [0.25, 0.3) is 0 Å². The molecule has 0 heterocycles. The fourth-order valence-electron chi connectivity index (χ4n) is 3.37. The molecule has 0 amide bonds. The number of anilines is 1. The van der Waals surface area contributed by atoms with Gasteiger partial charge in [-0.15, -0.1) is 0 Å². The predicted molar refractivity (Wildman–Crippen MR) is 116 cm³/mol.